The highest BCUT2D eigenvalue weighted by Crippen LogP contribution is 2.30. The van der Waals surface area contributed by atoms with Crippen LogP contribution in [0, 0.1) is 0 Å². The number of aromatic nitrogens is 1. The molecule has 3 rings (SSSR count). The molecule has 7 heteroatoms. The highest BCUT2D eigenvalue weighted by Gasteiger charge is 2.31. The van der Waals surface area contributed by atoms with Crippen molar-refractivity contribution in [3.8, 4) is 22.8 Å². The largest absolute Gasteiger partial charge is 0.573 e. The molecule has 0 bridgehead atoms. The quantitative estimate of drug-likeness (QED) is 0.639. The first-order valence-corrected chi connectivity index (χ1v) is 8.13. The number of nitrogens with zero attached hydrogens (tertiary/aromatic N) is 1. The van der Waals surface area contributed by atoms with E-state index in [1.165, 1.54) is 25.3 Å². The van der Waals surface area contributed by atoms with Gasteiger partial charge in [0.2, 0.25) is 0 Å². The topological polar surface area (TPSA) is 43.4 Å². The molecule has 0 fully saturated rings. The Morgan fingerprint density at radius 2 is 1.78 bits per heavy atom. The van der Waals surface area contributed by atoms with Gasteiger partial charge >= 0.3 is 6.36 Å². The third-order valence-electron chi connectivity index (χ3n) is 3.81. The molecule has 140 valence electrons. The number of alkyl halides is 3. The molecule has 1 N–H and O–H groups in total. The molecule has 0 aliphatic rings. The summed E-state index contributed by atoms with van der Waals surface area (Å²) in [5.41, 5.74) is 2.97. The first kappa shape index (κ1) is 18.6. The van der Waals surface area contributed by atoms with Gasteiger partial charge in [-0.2, -0.15) is 0 Å². The average Bonchev–Trinajstić information content (AvgIpc) is 2.66. The summed E-state index contributed by atoms with van der Waals surface area (Å²) in [6, 6.07) is 17.2. The van der Waals surface area contributed by atoms with Gasteiger partial charge in [0.15, 0.2) is 0 Å². The zero-order valence-electron chi connectivity index (χ0n) is 14.5. The van der Waals surface area contributed by atoms with Crippen LogP contribution in [0.5, 0.6) is 11.5 Å². The maximum Gasteiger partial charge on any atom is 0.573 e. The minimum Gasteiger partial charge on any atom is -0.496 e. The molecule has 0 spiro atoms. The van der Waals surface area contributed by atoms with Crippen LogP contribution in [0.4, 0.5) is 18.9 Å². The van der Waals surface area contributed by atoms with Crippen molar-refractivity contribution in [1.82, 2.24) is 4.98 Å². The van der Waals surface area contributed by atoms with Crippen molar-refractivity contribution in [2.45, 2.75) is 12.9 Å². The summed E-state index contributed by atoms with van der Waals surface area (Å²) < 4.78 is 46.6. The molecule has 0 aliphatic heterocycles. The monoisotopic (exact) mass is 374 g/mol. The van der Waals surface area contributed by atoms with Crippen molar-refractivity contribution in [3.05, 3.63) is 72.4 Å². The number of hydrogen-bond donors (Lipinski definition) is 1. The molecule has 2 aromatic carbocycles. The van der Waals surface area contributed by atoms with Crippen molar-refractivity contribution in [2.24, 2.45) is 0 Å². The van der Waals surface area contributed by atoms with Gasteiger partial charge in [-0.25, -0.2) is 0 Å². The Kier molecular flexibility index (Phi) is 5.49. The number of ether oxygens (including phenoxy) is 2. The van der Waals surface area contributed by atoms with Gasteiger partial charge in [-0.3, -0.25) is 4.98 Å². The summed E-state index contributed by atoms with van der Waals surface area (Å²) in [7, 11) is 1.46. The van der Waals surface area contributed by atoms with Crippen LogP contribution in [0.2, 0.25) is 0 Å². The lowest BCUT2D eigenvalue weighted by Gasteiger charge is -2.15. The van der Waals surface area contributed by atoms with Crippen LogP contribution in [-0.4, -0.2) is 18.5 Å². The molecule has 0 unspecified atom stereocenters. The minimum absolute atomic E-state index is 0.240. The molecule has 0 amide bonds. The van der Waals surface area contributed by atoms with Gasteiger partial charge in [0, 0.05) is 23.9 Å². The van der Waals surface area contributed by atoms with Gasteiger partial charge in [0.1, 0.15) is 11.5 Å². The van der Waals surface area contributed by atoms with Crippen LogP contribution in [0.25, 0.3) is 11.3 Å². The fourth-order valence-electron chi connectivity index (χ4n) is 2.65. The van der Waals surface area contributed by atoms with Crippen LogP contribution < -0.4 is 14.8 Å². The molecule has 0 saturated heterocycles. The standard InChI is InChI=1S/C20H17F3N2O2/c1-26-18-10-9-16(27-20(21,22)23)12-15(18)13-25-17-8-5-11-24-19(17)14-6-3-2-4-7-14/h2-12,25H,13H2,1H3. The highest BCUT2D eigenvalue weighted by atomic mass is 19.4. The Hall–Kier alpha value is -3.22. The fourth-order valence-corrected chi connectivity index (χ4v) is 2.65. The molecule has 0 aliphatic carbocycles. The molecule has 1 heterocycles. The summed E-state index contributed by atoms with van der Waals surface area (Å²) in [6.07, 6.45) is -3.06. The number of methoxy groups -OCH3 is 1. The second kappa shape index (κ2) is 7.99. The maximum absolute atomic E-state index is 12.5. The second-order valence-corrected chi connectivity index (χ2v) is 5.64. The summed E-state index contributed by atoms with van der Waals surface area (Å²) in [6.45, 7) is 0.240. The van der Waals surface area contributed by atoms with Crippen molar-refractivity contribution in [2.75, 3.05) is 12.4 Å². The Morgan fingerprint density at radius 3 is 2.48 bits per heavy atom. The second-order valence-electron chi connectivity index (χ2n) is 5.64. The summed E-state index contributed by atoms with van der Waals surface area (Å²) in [5.74, 6) is 0.164. The van der Waals surface area contributed by atoms with Crippen LogP contribution >= 0.6 is 0 Å². The number of pyridine rings is 1. The molecule has 4 nitrogen and oxygen atoms in total. The number of anilines is 1. The van der Waals surface area contributed by atoms with Gasteiger partial charge < -0.3 is 14.8 Å². The zero-order chi connectivity index (χ0) is 19.3. The SMILES string of the molecule is COc1ccc(OC(F)(F)F)cc1CNc1cccnc1-c1ccccc1. The first-order valence-electron chi connectivity index (χ1n) is 8.13. The molecule has 0 radical (unpaired) electrons. The summed E-state index contributed by atoms with van der Waals surface area (Å²) >= 11 is 0. The molecule has 1 aromatic heterocycles. The van der Waals surface area contributed by atoms with Crippen LogP contribution in [0.1, 0.15) is 5.56 Å². The van der Waals surface area contributed by atoms with E-state index in [2.05, 4.69) is 15.0 Å². The number of rotatable bonds is 6. The van der Waals surface area contributed by atoms with E-state index >= 15 is 0 Å². The van der Waals surface area contributed by atoms with Crippen LogP contribution in [0.15, 0.2) is 66.9 Å². The molecule has 3 aromatic rings. The van der Waals surface area contributed by atoms with E-state index in [0.717, 1.165) is 16.9 Å². The molecular weight excluding hydrogens is 357 g/mol. The number of halogens is 3. The van der Waals surface area contributed by atoms with Crippen molar-refractivity contribution >= 4 is 5.69 Å². The first-order chi connectivity index (χ1) is 13.0. The minimum atomic E-state index is -4.75. The summed E-state index contributed by atoms with van der Waals surface area (Å²) in [5, 5.41) is 3.21. The van der Waals surface area contributed by atoms with Gasteiger partial charge in [-0.1, -0.05) is 30.3 Å². The Balaban J connectivity index is 1.84. The molecule has 0 atom stereocenters. The Labute approximate surface area is 154 Å². The lowest BCUT2D eigenvalue weighted by Crippen LogP contribution is -2.17. The van der Waals surface area contributed by atoms with E-state index in [1.54, 1.807) is 12.3 Å². The molecule has 27 heavy (non-hydrogen) atoms. The van der Waals surface area contributed by atoms with E-state index < -0.39 is 6.36 Å². The smallest absolute Gasteiger partial charge is 0.496 e. The van der Waals surface area contributed by atoms with E-state index in [0.29, 0.717) is 11.3 Å². The fraction of sp³-hybridized carbons (Fsp3) is 0.150. The van der Waals surface area contributed by atoms with Gasteiger partial charge in [-0.15, -0.1) is 13.2 Å². The average molecular weight is 374 g/mol. The number of benzene rings is 2. The molecular formula is C20H17F3N2O2. The predicted molar refractivity (Wildman–Crippen MR) is 96.7 cm³/mol. The predicted octanol–water partition coefficient (Wildman–Crippen LogP) is 5.27. The van der Waals surface area contributed by atoms with Crippen molar-refractivity contribution < 1.29 is 22.6 Å². The lowest BCUT2D eigenvalue weighted by molar-refractivity contribution is -0.274. The summed E-state index contributed by atoms with van der Waals surface area (Å²) in [4.78, 5) is 4.40. The van der Waals surface area contributed by atoms with Crippen molar-refractivity contribution in [3.63, 3.8) is 0 Å². The third-order valence-corrected chi connectivity index (χ3v) is 3.81. The molecule has 0 saturated carbocycles. The maximum atomic E-state index is 12.5. The van der Waals surface area contributed by atoms with Crippen LogP contribution in [0.3, 0.4) is 0 Å². The Bertz CT molecular complexity index is 899. The van der Waals surface area contributed by atoms with Gasteiger partial charge in [0.05, 0.1) is 18.5 Å². The number of hydrogen-bond acceptors (Lipinski definition) is 4. The van der Waals surface area contributed by atoms with E-state index in [9.17, 15) is 13.2 Å². The highest BCUT2D eigenvalue weighted by molar-refractivity contribution is 5.74. The van der Waals surface area contributed by atoms with Gasteiger partial charge in [-0.05, 0) is 30.3 Å². The van der Waals surface area contributed by atoms with E-state index in [-0.39, 0.29) is 12.3 Å². The normalized spacial score (nSPS) is 11.1. The Morgan fingerprint density at radius 1 is 1.00 bits per heavy atom. The van der Waals surface area contributed by atoms with E-state index in [4.69, 9.17) is 4.74 Å². The van der Waals surface area contributed by atoms with Crippen LogP contribution in [-0.2, 0) is 6.54 Å². The van der Waals surface area contributed by atoms with Gasteiger partial charge in [0.25, 0.3) is 0 Å². The van der Waals surface area contributed by atoms with E-state index in [1.807, 2.05) is 36.4 Å². The number of nitrogens with one attached hydrogen (secondary N) is 1. The lowest BCUT2D eigenvalue weighted by atomic mass is 10.1. The zero-order valence-corrected chi connectivity index (χ0v) is 14.5. The third kappa shape index (κ3) is 4.91. The van der Waals surface area contributed by atoms with Crippen molar-refractivity contribution in [1.29, 1.82) is 0 Å².